The molecule has 1 atom stereocenters. The molecule has 2 aromatic rings. The molecule has 1 aliphatic rings. The Balaban J connectivity index is 1.50. The van der Waals surface area contributed by atoms with Gasteiger partial charge in [0.2, 0.25) is 5.91 Å². The maximum Gasteiger partial charge on any atom is 0.225 e. The van der Waals surface area contributed by atoms with Gasteiger partial charge in [-0.3, -0.25) is 9.69 Å². The second-order valence-corrected chi connectivity index (χ2v) is 7.16. The Morgan fingerprint density at radius 2 is 2.04 bits per heavy atom. The Labute approximate surface area is 168 Å². The van der Waals surface area contributed by atoms with E-state index in [1.54, 1.807) is 18.2 Å². The summed E-state index contributed by atoms with van der Waals surface area (Å²) in [6, 6.07) is 14.5. The highest BCUT2D eigenvalue weighted by Crippen LogP contribution is 2.24. The molecule has 5 nitrogen and oxygen atoms in total. The summed E-state index contributed by atoms with van der Waals surface area (Å²) in [5.41, 5.74) is 2.06. The smallest absolute Gasteiger partial charge is 0.225 e. The van der Waals surface area contributed by atoms with Crippen LogP contribution in [0, 0.1) is 11.3 Å². The van der Waals surface area contributed by atoms with Crippen molar-refractivity contribution in [3.05, 3.63) is 63.6 Å². The number of benzene rings is 2. The zero-order chi connectivity index (χ0) is 19.2. The molecule has 1 N–H and O–H groups in total. The fraction of sp³-hybridized carbons (Fsp3) is 0.300. The van der Waals surface area contributed by atoms with Gasteiger partial charge in [0.15, 0.2) is 0 Å². The topological polar surface area (TPSA) is 65.4 Å². The van der Waals surface area contributed by atoms with E-state index in [1.807, 2.05) is 30.3 Å². The van der Waals surface area contributed by atoms with E-state index in [2.05, 4.69) is 10.2 Å². The highest BCUT2D eigenvalue weighted by molar-refractivity contribution is 6.32. The van der Waals surface area contributed by atoms with Crippen molar-refractivity contribution >= 4 is 34.8 Å². The molecule has 1 aliphatic heterocycles. The first-order valence-corrected chi connectivity index (χ1v) is 9.39. The van der Waals surface area contributed by atoms with Crippen molar-refractivity contribution in [3.8, 4) is 6.07 Å². The zero-order valence-corrected chi connectivity index (χ0v) is 16.1. The average molecular weight is 404 g/mol. The van der Waals surface area contributed by atoms with E-state index in [9.17, 15) is 4.79 Å². The summed E-state index contributed by atoms with van der Waals surface area (Å²) >= 11 is 11.9. The minimum Gasteiger partial charge on any atom is -0.371 e. The van der Waals surface area contributed by atoms with Gasteiger partial charge in [0.1, 0.15) is 6.07 Å². The van der Waals surface area contributed by atoms with Crippen molar-refractivity contribution in [2.24, 2.45) is 0 Å². The maximum absolute atomic E-state index is 12.2. The molecule has 2 aromatic carbocycles. The lowest BCUT2D eigenvalue weighted by molar-refractivity contribution is -0.117. The number of carbonyl (C=O) groups is 1. The number of anilines is 1. The van der Waals surface area contributed by atoms with Crippen molar-refractivity contribution < 1.29 is 9.53 Å². The number of nitriles is 1. The van der Waals surface area contributed by atoms with Crippen LogP contribution >= 0.6 is 23.2 Å². The van der Waals surface area contributed by atoms with E-state index in [0.717, 1.165) is 18.7 Å². The first kappa shape index (κ1) is 19.7. The Morgan fingerprint density at radius 1 is 1.26 bits per heavy atom. The number of nitrogens with one attached hydrogen (secondary N) is 1. The fourth-order valence-corrected chi connectivity index (χ4v) is 3.30. The Hall–Kier alpha value is -2.10. The normalized spacial score (nSPS) is 17.3. The van der Waals surface area contributed by atoms with Crippen molar-refractivity contribution in [1.82, 2.24) is 4.90 Å². The molecule has 0 aromatic heterocycles. The Morgan fingerprint density at radius 3 is 2.74 bits per heavy atom. The van der Waals surface area contributed by atoms with E-state index < -0.39 is 0 Å². The molecule has 0 radical (unpaired) electrons. The van der Waals surface area contributed by atoms with Crippen LogP contribution in [0.2, 0.25) is 10.0 Å². The summed E-state index contributed by atoms with van der Waals surface area (Å²) in [6.07, 6.45) is 0.349. The van der Waals surface area contributed by atoms with Crippen LogP contribution in [0.1, 0.15) is 23.7 Å². The number of carbonyl (C=O) groups excluding carboxylic acids is 1. The Kier molecular flexibility index (Phi) is 6.70. The largest absolute Gasteiger partial charge is 0.371 e. The Bertz CT molecular complexity index is 849. The summed E-state index contributed by atoms with van der Waals surface area (Å²) < 4.78 is 5.85. The molecule has 1 fully saturated rings. The SMILES string of the molecule is N#Cc1ccc(NC(=O)CCN2CCOC(c3ccc(Cl)cc3)C2)cc1Cl. The third-order valence-corrected chi connectivity index (χ3v) is 4.99. The van der Waals surface area contributed by atoms with Gasteiger partial charge in [-0.15, -0.1) is 0 Å². The molecular weight excluding hydrogens is 385 g/mol. The minimum atomic E-state index is -0.0923. The monoisotopic (exact) mass is 403 g/mol. The second-order valence-electron chi connectivity index (χ2n) is 6.32. The lowest BCUT2D eigenvalue weighted by atomic mass is 10.1. The summed E-state index contributed by atoms with van der Waals surface area (Å²) in [4.78, 5) is 14.4. The molecule has 7 heteroatoms. The number of hydrogen-bond acceptors (Lipinski definition) is 4. The number of halogens is 2. The summed E-state index contributed by atoms with van der Waals surface area (Å²) in [5.74, 6) is -0.0923. The molecule has 1 saturated heterocycles. The van der Waals surface area contributed by atoms with Gasteiger partial charge in [-0.25, -0.2) is 0 Å². The van der Waals surface area contributed by atoms with Gasteiger partial charge < -0.3 is 10.1 Å². The minimum absolute atomic E-state index is 0.0172. The average Bonchev–Trinajstić information content (AvgIpc) is 2.67. The van der Waals surface area contributed by atoms with Crippen molar-refractivity contribution in [3.63, 3.8) is 0 Å². The van der Waals surface area contributed by atoms with Gasteiger partial charge in [-0.2, -0.15) is 5.26 Å². The van der Waals surface area contributed by atoms with Gasteiger partial charge in [0.25, 0.3) is 0 Å². The number of hydrogen-bond donors (Lipinski definition) is 1. The van der Waals surface area contributed by atoms with E-state index >= 15 is 0 Å². The van der Waals surface area contributed by atoms with Gasteiger partial charge in [-0.1, -0.05) is 35.3 Å². The standard InChI is InChI=1S/C20H19Cl2N3O2/c21-16-4-1-14(2-5-16)19-13-25(9-10-27-19)8-7-20(26)24-17-6-3-15(12-23)18(22)11-17/h1-6,11,19H,7-10,13H2,(H,24,26). The van der Waals surface area contributed by atoms with Gasteiger partial charge in [0, 0.05) is 36.8 Å². The number of amides is 1. The molecule has 1 unspecified atom stereocenters. The van der Waals surface area contributed by atoms with Crippen LogP contribution < -0.4 is 5.32 Å². The summed E-state index contributed by atoms with van der Waals surface area (Å²) in [6.45, 7) is 2.79. The molecule has 27 heavy (non-hydrogen) atoms. The zero-order valence-electron chi connectivity index (χ0n) is 14.6. The summed E-state index contributed by atoms with van der Waals surface area (Å²) in [7, 11) is 0. The molecular formula is C20H19Cl2N3O2. The van der Waals surface area contributed by atoms with Crippen LogP contribution in [-0.4, -0.2) is 37.0 Å². The molecule has 0 spiro atoms. The van der Waals surface area contributed by atoms with Crippen LogP contribution in [0.3, 0.4) is 0 Å². The van der Waals surface area contributed by atoms with E-state index in [1.165, 1.54) is 0 Å². The van der Waals surface area contributed by atoms with E-state index in [4.69, 9.17) is 33.2 Å². The van der Waals surface area contributed by atoms with Crippen LogP contribution in [0.4, 0.5) is 5.69 Å². The third-order valence-electron chi connectivity index (χ3n) is 4.42. The number of ether oxygens (including phenoxy) is 1. The lowest BCUT2D eigenvalue weighted by Gasteiger charge is -2.33. The van der Waals surface area contributed by atoms with Gasteiger partial charge in [-0.05, 0) is 35.9 Å². The van der Waals surface area contributed by atoms with Crippen molar-refractivity contribution in [2.75, 3.05) is 31.6 Å². The highest BCUT2D eigenvalue weighted by atomic mass is 35.5. The first-order chi connectivity index (χ1) is 13.0. The summed E-state index contributed by atoms with van der Waals surface area (Å²) in [5, 5.41) is 12.7. The van der Waals surface area contributed by atoms with E-state index in [0.29, 0.717) is 40.9 Å². The maximum atomic E-state index is 12.2. The van der Waals surface area contributed by atoms with E-state index in [-0.39, 0.29) is 12.0 Å². The van der Waals surface area contributed by atoms with Crippen LogP contribution in [0.15, 0.2) is 42.5 Å². The van der Waals surface area contributed by atoms with Gasteiger partial charge in [0.05, 0.1) is 23.3 Å². The number of morpholine rings is 1. The molecule has 1 heterocycles. The van der Waals surface area contributed by atoms with Crippen LogP contribution in [0.25, 0.3) is 0 Å². The molecule has 0 saturated carbocycles. The van der Waals surface area contributed by atoms with Crippen LogP contribution in [0.5, 0.6) is 0 Å². The number of nitrogens with zero attached hydrogens (tertiary/aromatic N) is 2. The van der Waals surface area contributed by atoms with Crippen molar-refractivity contribution in [1.29, 1.82) is 5.26 Å². The molecule has 0 aliphatic carbocycles. The number of rotatable bonds is 5. The predicted octanol–water partition coefficient (Wildman–Crippen LogP) is 4.27. The first-order valence-electron chi connectivity index (χ1n) is 8.64. The molecule has 3 rings (SSSR count). The quantitative estimate of drug-likeness (QED) is 0.809. The lowest BCUT2D eigenvalue weighted by Crippen LogP contribution is -2.39. The molecule has 0 bridgehead atoms. The highest BCUT2D eigenvalue weighted by Gasteiger charge is 2.22. The van der Waals surface area contributed by atoms with Crippen molar-refractivity contribution in [2.45, 2.75) is 12.5 Å². The fourth-order valence-electron chi connectivity index (χ4n) is 2.95. The molecule has 140 valence electrons. The molecule has 1 amide bonds. The van der Waals surface area contributed by atoms with Gasteiger partial charge >= 0.3 is 0 Å². The second kappa shape index (κ2) is 9.20. The van der Waals surface area contributed by atoms with Crippen LogP contribution in [-0.2, 0) is 9.53 Å². The third kappa shape index (κ3) is 5.44. The predicted molar refractivity (Wildman–Crippen MR) is 106 cm³/mol.